The lowest BCUT2D eigenvalue weighted by Crippen LogP contribution is -2.47. The molecule has 7 nitrogen and oxygen atoms in total. The van der Waals surface area contributed by atoms with Crippen molar-refractivity contribution in [2.45, 2.75) is 19.1 Å². The van der Waals surface area contributed by atoms with Crippen LogP contribution in [0, 0.1) is 0 Å². The van der Waals surface area contributed by atoms with Gasteiger partial charge < -0.3 is 20.3 Å². The Morgan fingerprint density at radius 2 is 2.04 bits per heavy atom. The number of amides is 1. The Bertz CT molecular complexity index is 692. The number of carbonyl (C=O) groups excluding carboxylic acids is 1. The van der Waals surface area contributed by atoms with Crippen molar-refractivity contribution in [1.29, 1.82) is 0 Å². The summed E-state index contributed by atoms with van der Waals surface area (Å²) < 4.78 is 5.79. The van der Waals surface area contributed by atoms with Crippen molar-refractivity contribution in [3.05, 3.63) is 48.2 Å². The number of carbonyl (C=O) groups is 1. The van der Waals surface area contributed by atoms with Crippen LogP contribution in [0.5, 0.6) is 0 Å². The van der Waals surface area contributed by atoms with E-state index in [1.54, 1.807) is 12.1 Å². The van der Waals surface area contributed by atoms with E-state index >= 15 is 0 Å². The Labute approximate surface area is 147 Å². The summed E-state index contributed by atoms with van der Waals surface area (Å²) in [5.41, 5.74) is 0.999. The van der Waals surface area contributed by atoms with Gasteiger partial charge in [0.25, 0.3) is 5.91 Å². The van der Waals surface area contributed by atoms with Crippen LogP contribution in [0.25, 0.3) is 0 Å². The third-order valence-electron chi connectivity index (χ3n) is 4.16. The first kappa shape index (κ1) is 17.3. The van der Waals surface area contributed by atoms with Crippen LogP contribution in [0.4, 0.5) is 11.5 Å². The number of para-hydroxylation sites is 1. The lowest BCUT2D eigenvalue weighted by molar-refractivity contribution is -0.0260. The van der Waals surface area contributed by atoms with Gasteiger partial charge in [-0.2, -0.15) is 0 Å². The molecule has 0 saturated carbocycles. The van der Waals surface area contributed by atoms with Crippen LogP contribution in [0.2, 0.25) is 0 Å². The number of nitrogens with one attached hydrogen (secondary N) is 2. The highest BCUT2D eigenvalue weighted by Crippen LogP contribution is 2.13. The molecule has 0 radical (unpaired) electrons. The van der Waals surface area contributed by atoms with Gasteiger partial charge in [-0.3, -0.25) is 4.79 Å². The minimum atomic E-state index is -0.282. The highest BCUT2D eigenvalue weighted by Gasteiger charge is 2.23. The van der Waals surface area contributed by atoms with Crippen LogP contribution in [-0.2, 0) is 4.74 Å². The van der Waals surface area contributed by atoms with E-state index in [-0.39, 0.29) is 23.7 Å². The topological polar surface area (TPSA) is 79.4 Å². The number of morpholine rings is 1. The first-order valence-corrected chi connectivity index (χ1v) is 8.38. The highest BCUT2D eigenvalue weighted by molar-refractivity contribution is 6.02. The van der Waals surface area contributed by atoms with Crippen molar-refractivity contribution in [1.82, 2.24) is 15.1 Å². The Morgan fingerprint density at radius 1 is 1.24 bits per heavy atom. The fraction of sp³-hybridized carbons (Fsp3) is 0.389. The number of ether oxygens (including phenoxy) is 1. The average Bonchev–Trinajstić information content (AvgIpc) is 2.63. The van der Waals surface area contributed by atoms with E-state index in [1.807, 2.05) is 30.3 Å². The molecule has 25 heavy (non-hydrogen) atoms. The number of nitrogens with zero attached hydrogens (tertiary/aromatic N) is 3. The summed E-state index contributed by atoms with van der Waals surface area (Å²) in [5, 5.41) is 14.2. The molecule has 1 amide bonds. The zero-order chi connectivity index (χ0) is 17.6. The summed E-state index contributed by atoms with van der Waals surface area (Å²) in [4.78, 5) is 14.4. The van der Waals surface area contributed by atoms with Crippen LogP contribution in [-0.4, -0.2) is 59.9 Å². The van der Waals surface area contributed by atoms with E-state index in [9.17, 15) is 4.79 Å². The van der Waals surface area contributed by atoms with Crippen molar-refractivity contribution in [2.24, 2.45) is 0 Å². The summed E-state index contributed by atoms with van der Waals surface area (Å²) in [6.07, 6.45) is 0.0987. The van der Waals surface area contributed by atoms with E-state index in [2.05, 4.69) is 39.7 Å². The molecule has 2 unspecified atom stereocenters. The van der Waals surface area contributed by atoms with Crippen molar-refractivity contribution >= 4 is 17.4 Å². The molecule has 0 spiro atoms. The minimum absolute atomic E-state index is 0.0982. The van der Waals surface area contributed by atoms with E-state index in [1.165, 1.54) is 0 Å². The van der Waals surface area contributed by atoms with Crippen LogP contribution >= 0.6 is 0 Å². The molecule has 1 saturated heterocycles. The number of anilines is 2. The van der Waals surface area contributed by atoms with Crippen molar-refractivity contribution in [2.75, 3.05) is 37.4 Å². The second-order valence-electron chi connectivity index (χ2n) is 6.23. The molecule has 1 fully saturated rings. The molecule has 2 heterocycles. The third kappa shape index (κ3) is 4.74. The second-order valence-corrected chi connectivity index (χ2v) is 6.23. The molecular weight excluding hydrogens is 318 g/mol. The summed E-state index contributed by atoms with van der Waals surface area (Å²) in [7, 11) is 2.09. The molecule has 1 aliphatic heterocycles. The molecule has 132 valence electrons. The van der Waals surface area contributed by atoms with E-state index in [0.717, 1.165) is 25.4 Å². The summed E-state index contributed by atoms with van der Waals surface area (Å²) in [6.45, 7) is 4.62. The predicted molar refractivity (Wildman–Crippen MR) is 96.7 cm³/mol. The third-order valence-corrected chi connectivity index (χ3v) is 4.16. The standard InChI is InChI=1S/C18H23N5O2/c1-13(16-12-23(2)10-11-25-16)19-17-9-8-15(21-22-17)18(24)20-14-6-4-3-5-7-14/h3-9,13,16H,10-12H2,1-2H3,(H,19,22)(H,20,24). The SMILES string of the molecule is CC(Nc1ccc(C(=O)Nc2ccccc2)nn1)C1CN(C)CCO1. The minimum Gasteiger partial charge on any atom is -0.373 e. The maximum Gasteiger partial charge on any atom is 0.276 e. The maximum absolute atomic E-state index is 12.2. The molecule has 2 N–H and O–H groups in total. The quantitative estimate of drug-likeness (QED) is 0.864. The van der Waals surface area contributed by atoms with Crippen LogP contribution in [0.15, 0.2) is 42.5 Å². The van der Waals surface area contributed by atoms with E-state index in [0.29, 0.717) is 5.82 Å². The number of benzene rings is 1. The number of hydrogen-bond donors (Lipinski definition) is 2. The van der Waals surface area contributed by atoms with E-state index < -0.39 is 0 Å². The Kier molecular flexibility index (Phi) is 5.57. The Hall–Kier alpha value is -2.51. The maximum atomic E-state index is 12.2. The summed E-state index contributed by atoms with van der Waals surface area (Å²) in [5.74, 6) is 0.344. The molecule has 2 atom stereocenters. The van der Waals surface area contributed by atoms with Gasteiger partial charge in [-0.1, -0.05) is 18.2 Å². The van der Waals surface area contributed by atoms with Crippen molar-refractivity contribution < 1.29 is 9.53 Å². The van der Waals surface area contributed by atoms with Crippen molar-refractivity contribution in [3.63, 3.8) is 0 Å². The van der Waals surface area contributed by atoms with Gasteiger partial charge in [0.1, 0.15) is 5.82 Å². The lowest BCUT2D eigenvalue weighted by atomic mass is 10.1. The number of likely N-dealkylation sites (N-methyl/N-ethyl adjacent to an activating group) is 1. The predicted octanol–water partition coefficient (Wildman–Crippen LogP) is 1.86. The monoisotopic (exact) mass is 341 g/mol. The molecule has 0 bridgehead atoms. The van der Waals surface area contributed by atoms with Gasteiger partial charge in [0.2, 0.25) is 0 Å². The molecule has 3 rings (SSSR count). The molecule has 1 aromatic carbocycles. The van der Waals surface area contributed by atoms with Gasteiger partial charge in [0.15, 0.2) is 5.69 Å². The van der Waals surface area contributed by atoms with Gasteiger partial charge in [0.05, 0.1) is 18.8 Å². The van der Waals surface area contributed by atoms with Gasteiger partial charge in [-0.25, -0.2) is 0 Å². The lowest BCUT2D eigenvalue weighted by Gasteiger charge is -2.34. The van der Waals surface area contributed by atoms with Gasteiger partial charge in [0, 0.05) is 18.8 Å². The van der Waals surface area contributed by atoms with Gasteiger partial charge in [-0.05, 0) is 38.2 Å². The summed E-state index contributed by atoms with van der Waals surface area (Å²) >= 11 is 0. The first-order valence-electron chi connectivity index (χ1n) is 8.38. The second kappa shape index (κ2) is 8.04. The fourth-order valence-corrected chi connectivity index (χ4v) is 2.69. The average molecular weight is 341 g/mol. The van der Waals surface area contributed by atoms with Crippen molar-refractivity contribution in [3.8, 4) is 0 Å². The molecule has 1 aromatic heterocycles. The number of rotatable bonds is 5. The zero-order valence-corrected chi connectivity index (χ0v) is 14.5. The Morgan fingerprint density at radius 3 is 2.72 bits per heavy atom. The van der Waals surface area contributed by atoms with Crippen LogP contribution < -0.4 is 10.6 Å². The van der Waals surface area contributed by atoms with Crippen LogP contribution in [0.3, 0.4) is 0 Å². The van der Waals surface area contributed by atoms with Crippen LogP contribution in [0.1, 0.15) is 17.4 Å². The van der Waals surface area contributed by atoms with Gasteiger partial charge >= 0.3 is 0 Å². The molecule has 7 heteroatoms. The molecule has 2 aromatic rings. The number of hydrogen-bond acceptors (Lipinski definition) is 6. The Balaban J connectivity index is 1.57. The highest BCUT2D eigenvalue weighted by atomic mass is 16.5. The molecule has 1 aliphatic rings. The number of aromatic nitrogens is 2. The normalized spacial score (nSPS) is 19.2. The first-order chi connectivity index (χ1) is 12.1. The zero-order valence-electron chi connectivity index (χ0n) is 14.5. The summed E-state index contributed by atoms with van der Waals surface area (Å²) in [6, 6.07) is 12.8. The smallest absolute Gasteiger partial charge is 0.276 e. The molecule has 0 aliphatic carbocycles. The molecular formula is C18H23N5O2. The van der Waals surface area contributed by atoms with E-state index in [4.69, 9.17) is 4.74 Å². The largest absolute Gasteiger partial charge is 0.373 e. The fourth-order valence-electron chi connectivity index (χ4n) is 2.69. The van der Waals surface area contributed by atoms with Gasteiger partial charge in [-0.15, -0.1) is 10.2 Å².